The van der Waals surface area contributed by atoms with Crippen molar-refractivity contribution in [1.82, 2.24) is 10.2 Å². The van der Waals surface area contributed by atoms with Gasteiger partial charge in [-0.25, -0.2) is 9.18 Å². The van der Waals surface area contributed by atoms with E-state index in [9.17, 15) is 9.18 Å². The number of aromatic nitrogens is 2. The van der Waals surface area contributed by atoms with Crippen LogP contribution in [0.15, 0.2) is 24.3 Å². The number of halogens is 1. The van der Waals surface area contributed by atoms with Gasteiger partial charge in [0.15, 0.2) is 11.6 Å². The van der Waals surface area contributed by atoms with Gasteiger partial charge in [-0.2, -0.15) is 5.10 Å². The highest BCUT2D eigenvalue weighted by Crippen LogP contribution is 2.29. The number of carboxylic acids is 1. The Hall–Kier alpha value is -2.37. The molecule has 1 aromatic heterocycles. The minimum absolute atomic E-state index is 0.0317. The van der Waals surface area contributed by atoms with Crippen molar-refractivity contribution in [1.29, 1.82) is 0 Å². The molecule has 5 nitrogen and oxygen atoms in total. The zero-order valence-corrected chi connectivity index (χ0v) is 11.3. The third-order valence-electron chi connectivity index (χ3n) is 3.74. The fraction of sp³-hybridized carbons (Fsp3) is 0.333. The highest BCUT2D eigenvalue weighted by Gasteiger charge is 2.19. The van der Waals surface area contributed by atoms with Crippen molar-refractivity contribution in [2.45, 2.75) is 19.3 Å². The summed E-state index contributed by atoms with van der Waals surface area (Å²) in [7, 11) is 0. The fourth-order valence-electron chi connectivity index (χ4n) is 2.22. The van der Waals surface area contributed by atoms with Crippen molar-refractivity contribution in [2.75, 3.05) is 6.61 Å². The molecule has 1 aromatic carbocycles. The number of carbonyl (C=O) groups is 1. The average molecular weight is 290 g/mol. The molecule has 0 unspecified atom stereocenters. The van der Waals surface area contributed by atoms with Gasteiger partial charge in [-0.15, -0.1) is 0 Å². The quantitative estimate of drug-likeness (QED) is 0.887. The van der Waals surface area contributed by atoms with Crippen LogP contribution in [0.1, 0.15) is 29.8 Å². The zero-order valence-electron chi connectivity index (χ0n) is 11.3. The van der Waals surface area contributed by atoms with Gasteiger partial charge in [0.05, 0.1) is 12.3 Å². The van der Waals surface area contributed by atoms with E-state index in [0.29, 0.717) is 23.8 Å². The normalized spacial score (nSPS) is 14.7. The first-order valence-corrected chi connectivity index (χ1v) is 6.85. The molecule has 1 aliphatic carbocycles. The molecule has 0 bridgehead atoms. The number of ether oxygens (including phenoxy) is 1. The SMILES string of the molecule is O=C(O)c1cc(-c2ccc(OCC3CCC3)c(F)c2)n[nH]1. The summed E-state index contributed by atoms with van der Waals surface area (Å²) in [5, 5.41) is 15.1. The molecule has 0 atom stereocenters. The Balaban J connectivity index is 1.74. The number of benzene rings is 1. The van der Waals surface area contributed by atoms with E-state index in [2.05, 4.69) is 10.2 Å². The second kappa shape index (κ2) is 5.55. The van der Waals surface area contributed by atoms with Gasteiger partial charge in [0.2, 0.25) is 0 Å². The fourth-order valence-corrected chi connectivity index (χ4v) is 2.22. The van der Waals surface area contributed by atoms with Gasteiger partial charge in [0, 0.05) is 5.56 Å². The molecule has 21 heavy (non-hydrogen) atoms. The van der Waals surface area contributed by atoms with E-state index in [4.69, 9.17) is 9.84 Å². The van der Waals surface area contributed by atoms with Crippen LogP contribution in [-0.4, -0.2) is 27.9 Å². The molecule has 0 saturated heterocycles. The molecule has 0 radical (unpaired) electrons. The van der Waals surface area contributed by atoms with Crippen LogP contribution in [0.4, 0.5) is 4.39 Å². The van der Waals surface area contributed by atoms with Crippen LogP contribution in [-0.2, 0) is 0 Å². The monoisotopic (exact) mass is 290 g/mol. The molecule has 1 aliphatic rings. The first-order valence-electron chi connectivity index (χ1n) is 6.85. The lowest BCUT2D eigenvalue weighted by atomic mass is 9.86. The average Bonchev–Trinajstić information content (AvgIpc) is 2.88. The number of hydrogen-bond acceptors (Lipinski definition) is 3. The minimum Gasteiger partial charge on any atom is -0.490 e. The van der Waals surface area contributed by atoms with Crippen LogP contribution in [0.3, 0.4) is 0 Å². The third-order valence-corrected chi connectivity index (χ3v) is 3.74. The molecule has 0 aliphatic heterocycles. The molecule has 2 N–H and O–H groups in total. The van der Waals surface area contributed by atoms with Gasteiger partial charge in [0.25, 0.3) is 0 Å². The van der Waals surface area contributed by atoms with Gasteiger partial charge in [-0.1, -0.05) is 6.42 Å². The number of hydrogen-bond donors (Lipinski definition) is 2. The maximum atomic E-state index is 14.0. The smallest absolute Gasteiger partial charge is 0.353 e. The van der Waals surface area contributed by atoms with Crippen LogP contribution < -0.4 is 4.74 Å². The van der Waals surface area contributed by atoms with Gasteiger partial charge < -0.3 is 9.84 Å². The largest absolute Gasteiger partial charge is 0.490 e. The van der Waals surface area contributed by atoms with Crippen LogP contribution in [0, 0.1) is 11.7 Å². The molecular weight excluding hydrogens is 275 g/mol. The van der Waals surface area contributed by atoms with Crippen molar-refractivity contribution < 1.29 is 19.0 Å². The molecule has 2 aromatic rings. The Morgan fingerprint density at radius 3 is 2.81 bits per heavy atom. The summed E-state index contributed by atoms with van der Waals surface area (Å²) in [6, 6.07) is 5.89. The second-order valence-electron chi connectivity index (χ2n) is 5.23. The number of nitrogens with zero attached hydrogens (tertiary/aromatic N) is 1. The summed E-state index contributed by atoms with van der Waals surface area (Å²) in [6.45, 7) is 0.543. The number of carboxylic acid groups (broad SMARTS) is 1. The van der Waals surface area contributed by atoms with Crippen molar-refractivity contribution in [2.24, 2.45) is 5.92 Å². The zero-order chi connectivity index (χ0) is 14.8. The predicted molar refractivity (Wildman–Crippen MR) is 73.8 cm³/mol. The Kier molecular flexibility index (Phi) is 3.60. The molecule has 6 heteroatoms. The number of aromatic amines is 1. The predicted octanol–water partition coefficient (Wildman–Crippen LogP) is 3.09. The van der Waals surface area contributed by atoms with E-state index in [-0.39, 0.29) is 11.4 Å². The van der Waals surface area contributed by atoms with Crippen molar-refractivity contribution >= 4 is 5.97 Å². The highest BCUT2D eigenvalue weighted by atomic mass is 19.1. The summed E-state index contributed by atoms with van der Waals surface area (Å²) in [4.78, 5) is 10.8. The number of nitrogens with one attached hydrogen (secondary N) is 1. The Morgan fingerprint density at radius 2 is 2.24 bits per heavy atom. The van der Waals surface area contributed by atoms with Gasteiger partial charge >= 0.3 is 5.97 Å². The van der Waals surface area contributed by atoms with E-state index < -0.39 is 11.8 Å². The summed E-state index contributed by atoms with van der Waals surface area (Å²) < 4.78 is 19.5. The summed E-state index contributed by atoms with van der Waals surface area (Å²) in [5.74, 6) is -0.811. The maximum absolute atomic E-state index is 14.0. The standard InChI is InChI=1S/C15H15FN2O3/c16-11-6-10(12-7-13(15(19)20)18-17-12)4-5-14(11)21-8-9-2-1-3-9/h4-7,9H,1-3,8H2,(H,17,18)(H,19,20). The molecule has 110 valence electrons. The summed E-state index contributed by atoms with van der Waals surface area (Å²) >= 11 is 0. The Bertz CT molecular complexity index is 665. The second-order valence-corrected chi connectivity index (χ2v) is 5.23. The van der Waals surface area contributed by atoms with Gasteiger partial charge in [-0.3, -0.25) is 5.10 Å². The Morgan fingerprint density at radius 1 is 1.43 bits per heavy atom. The van der Waals surface area contributed by atoms with Crippen molar-refractivity contribution in [3.8, 4) is 17.0 Å². The molecule has 1 fully saturated rings. The number of H-pyrrole nitrogens is 1. The summed E-state index contributed by atoms with van der Waals surface area (Å²) in [5.41, 5.74) is 0.861. The van der Waals surface area contributed by atoms with Gasteiger partial charge in [0.1, 0.15) is 5.69 Å². The summed E-state index contributed by atoms with van der Waals surface area (Å²) in [6.07, 6.45) is 3.51. The van der Waals surface area contributed by atoms with Crippen LogP contribution in [0.5, 0.6) is 5.75 Å². The van der Waals surface area contributed by atoms with Crippen LogP contribution in [0.25, 0.3) is 11.3 Å². The van der Waals surface area contributed by atoms with Crippen molar-refractivity contribution in [3.63, 3.8) is 0 Å². The van der Waals surface area contributed by atoms with E-state index in [1.165, 1.54) is 18.6 Å². The van der Waals surface area contributed by atoms with E-state index in [0.717, 1.165) is 12.8 Å². The lowest BCUT2D eigenvalue weighted by molar-refractivity contribution is 0.0690. The van der Waals surface area contributed by atoms with Crippen molar-refractivity contribution in [3.05, 3.63) is 35.8 Å². The maximum Gasteiger partial charge on any atom is 0.353 e. The number of aromatic carboxylic acids is 1. The molecule has 3 rings (SSSR count). The molecule has 1 saturated carbocycles. The van der Waals surface area contributed by atoms with Gasteiger partial charge in [-0.05, 0) is 43.0 Å². The van der Waals surface area contributed by atoms with E-state index in [1.54, 1.807) is 12.1 Å². The third kappa shape index (κ3) is 2.89. The van der Waals surface area contributed by atoms with Crippen LogP contribution >= 0.6 is 0 Å². The molecule has 0 amide bonds. The first-order chi connectivity index (χ1) is 10.1. The highest BCUT2D eigenvalue weighted by molar-refractivity contribution is 5.86. The number of rotatable bonds is 5. The van der Waals surface area contributed by atoms with E-state index >= 15 is 0 Å². The topological polar surface area (TPSA) is 75.2 Å². The molecule has 0 spiro atoms. The minimum atomic E-state index is -1.10. The lowest BCUT2D eigenvalue weighted by Crippen LogP contribution is -2.19. The molecule has 1 heterocycles. The lowest BCUT2D eigenvalue weighted by Gasteiger charge is -2.25. The molecular formula is C15H15FN2O3. The van der Waals surface area contributed by atoms with Crippen LogP contribution in [0.2, 0.25) is 0 Å². The Labute approximate surface area is 120 Å². The van der Waals surface area contributed by atoms with E-state index in [1.807, 2.05) is 0 Å². The first kappa shape index (κ1) is 13.6.